The third kappa shape index (κ3) is 0.563. The summed E-state index contributed by atoms with van der Waals surface area (Å²) in [7, 11) is 0. The summed E-state index contributed by atoms with van der Waals surface area (Å²) in [5.74, 6) is 2.03. The van der Waals surface area contributed by atoms with Gasteiger partial charge in [-0.25, -0.2) is 0 Å². The Morgan fingerprint density at radius 2 is 1.56 bits per heavy atom. The molecule has 0 N–H and O–H groups in total. The lowest BCUT2D eigenvalue weighted by atomic mass is 9.46. The summed E-state index contributed by atoms with van der Waals surface area (Å²) in [5.41, 5.74) is 3.27. The van der Waals surface area contributed by atoms with Crippen molar-refractivity contribution in [3.8, 4) is 0 Å². The Morgan fingerprint density at radius 1 is 0.938 bits per heavy atom. The molecule has 0 heterocycles. The molecule has 16 heavy (non-hydrogen) atoms. The van der Waals surface area contributed by atoms with E-state index in [4.69, 9.17) is 0 Å². The van der Waals surface area contributed by atoms with Crippen LogP contribution >= 0.6 is 0 Å². The molecule has 3 saturated carbocycles. The van der Waals surface area contributed by atoms with E-state index in [0.29, 0.717) is 16.2 Å². The second-order valence-electron chi connectivity index (χ2n) is 6.79. The van der Waals surface area contributed by atoms with Gasteiger partial charge in [0.15, 0.2) is 0 Å². The summed E-state index contributed by atoms with van der Waals surface area (Å²) in [4.78, 5) is 0. The number of fused-ring (bicyclic) bond motifs is 4. The molecule has 1 aromatic carbocycles. The van der Waals surface area contributed by atoms with E-state index in [1.807, 2.05) is 0 Å². The second kappa shape index (κ2) is 2.25. The maximum Gasteiger partial charge on any atom is 0.0103 e. The van der Waals surface area contributed by atoms with Gasteiger partial charge >= 0.3 is 0 Å². The standard InChI is InChI=1S/C16H20/c1-14(2)15(3)12-9-10-13(12)16(14,15)11-7-5-4-6-8-11/h4-8,12-13H,9-10H2,1-3H3/t12-,13-,15+,16-/m0/s1. The summed E-state index contributed by atoms with van der Waals surface area (Å²) >= 11 is 0. The van der Waals surface area contributed by atoms with Crippen LogP contribution in [0.1, 0.15) is 39.2 Å². The smallest absolute Gasteiger partial charge is 0.0103 e. The molecule has 3 aliphatic rings. The fourth-order valence-corrected chi connectivity index (χ4v) is 5.96. The zero-order chi connectivity index (χ0) is 11.2. The Balaban J connectivity index is 1.90. The van der Waals surface area contributed by atoms with Gasteiger partial charge in [0.05, 0.1) is 0 Å². The molecule has 0 aliphatic heterocycles. The molecule has 0 amide bonds. The van der Waals surface area contributed by atoms with Gasteiger partial charge in [-0.3, -0.25) is 0 Å². The van der Waals surface area contributed by atoms with Gasteiger partial charge in [0.2, 0.25) is 0 Å². The molecule has 0 aromatic heterocycles. The highest BCUT2D eigenvalue weighted by Gasteiger charge is 2.94. The quantitative estimate of drug-likeness (QED) is 0.660. The minimum absolute atomic E-state index is 0.521. The molecule has 4 atom stereocenters. The van der Waals surface area contributed by atoms with Crippen LogP contribution in [0.5, 0.6) is 0 Å². The Labute approximate surface area is 98.1 Å². The molecule has 4 rings (SSSR count). The normalized spacial score (nSPS) is 50.7. The molecule has 0 radical (unpaired) electrons. The van der Waals surface area contributed by atoms with Crippen molar-refractivity contribution in [1.29, 1.82) is 0 Å². The monoisotopic (exact) mass is 212 g/mol. The predicted molar refractivity (Wildman–Crippen MR) is 66.2 cm³/mol. The van der Waals surface area contributed by atoms with Crippen molar-refractivity contribution in [3.63, 3.8) is 0 Å². The molecular formula is C16H20. The van der Waals surface area contributed by atoms with Gasteiger partial charge in [-0.05, 0) is 41.1 Å². The molecule has 1 aromatic rings. The average molecular weight is 212 g/mol. The minimum Gasteiger partial charge on any atom is -0.0622 e. The average Bonchev–Trinajstić information content (AvgIpc) is 2.56. The lowest BCUT2D eigenvalue weighted by Gasteiger charge is -2.58. The van der Waals surface area contributed by atoms with Gasteiger partial charge in [-0.2, -0.15) is 0 Å². The predicted octanol–water partition coefficient (Wildman–Crippen LogP) is 4.01. The summed E-state index contributed by atoms with van der Waals surface area (Å²) < 4.78 is 0. The first kappa shape index (κ1) is 9.27. The highest BCUT2D eigenvalue weighted by Crippen LogP contribution is 2.96. The molecule has 0 unspecified atom stereocenters. The van der Waals surface area contributed by atoms with Crippen molar-refractivity contribution in [1.82, 2.24) is 0 Å². The summed E-state index contributed by atoms with van der Waals surface area (Å²) in [6, 6.07) is 11.3. The van der Waals surface area contributed by atoms with Gasteiger partial charge in [0.1, 0.15) is 0 Å². The molecule has 0 bridgehead atoms. The fourth-order valence-electron chi connectivity index (χ4n) is 5.96. The van der Waals surface area contributed by atoms with Gasteiger partial charge in [-0.15, -0.1) is 0 Å². The Bertz CT molecular complexity index is 458. The van der Waals surface area contributed by atoms with Crippen LogP contribution in [0.4, 0.5) is 0 Å². The lowest BCUT2D eigenvalue weighted by molar-refractivity contribution is -0.0482. The van der Waals surface area contributed by atoms with Crippen molar-refractivity contribution in [2.24, 2.45) is 22.7 Å². The number of hydrogen-bond donors (Lipinski definition) is 0. The van der Waals surface area contributed by atoms with Crippen LogP contribution in [-0.2, 0) is 5.41 Å². The summed E-state index contributed by atoms with van der Waals surface area (Å²) in [5, 5.41) is 0. The zero-order valence-corrected chi connectivity index (χ0v) is 10.5. The highest BCUT2D eigenvalue weighted by molar-refractivity contribution is 5.54. The van der Waals surface area contributed by atoms with E-state index < -0.39 is 0 Å². The second-order valence-corrected chi connectivity index (χ2v) is 6.79. The van der Waals surface area contributed by atoms with Gasteiger partial charge in [0.25, 0.3) is 0 Å². The molecule has 0 saturated heterocycles. The van der Waals surface area contributed by atoms with Crippen LogP contribution in [0.3, 0.4) is 0 Å². The first-order chi connectivity index (χ1) is 7.58. The van der Waals surface area contributed by atoms with Crippen molar-refractivity contribution in [3.05, 3.63) is 35.9 Å². The van der Waals surface area contributed by atoms with Crippen molar-refractivity contribution >= 4 is 0 Å². The first-order valence-electron chi connectivity index (χ1n) is 6.64. The fraction of sp³-hybridized carbons (Fsp3) is 0.625. The van der Waals surface area contributed by atoms with Crippen LogP contribution in [0.25, 0.3) is 0 Å². The van der Waals surface area contributed by atoms with Crippen molar-refractivity contribution in [2.75, 3.05) is 0 Å². The van der Waals surface area contributed by atoms with Crippen LogP contribution in [-0.4, -0.2) is 0 Å². The third-order valence-corrected chi connectivity index (χ3v) is 6.84. The topological polar surface area (TPSA) is 0 Å². The largest absolute Gasteiger partial charge is 0.0622 e. The number of rotatable bonds is 1. The Kier molecular flexibility index (Phi) is 1.30. The van der Waals surface area contributed by atoms with E-state index in [1.165, 1.54) is 12.8 Å². The van der Waals surface area contributed by atoms with Crippen LogP contribution in [0.2, 0.25) is 0 Å². The van der Waals surface area contributed by atoms with Gasteiger partial charge in [-0.1, -0.05) is 51.1 Å². The molecule has 3 aliphatic carbocycles. The van der Waals surface area contributed by atoms with E-state index in [1.54, 1.807) is 5.56 Å². The van der Waals surface area contributed by atoms with Gasteiger partial charge < -0.3 is 0 Å². The van der Waals surface area contributed by atoms with E-state index in [2.05, 4.69) is 51.1 Å². The molecule has 0 nitrogen and oxygen atoms in total. The zero-order valence-electron chi connectivity index (χ0n) is 10.5. The number of benzene rings is 1. The van der Waals surface area contributed by atoms with Crippen LogP contribution in [0.15, 0.2) is 30.3 Å². The van der Waals surface area contributed by atoms with Crippen molar-refractivity contribution in [2.45, 2.75) is 39.0 Å². The molecule has 0 spiro atoms. The summed E-state index contributed by atoms with van der Waals surface area (Å²) in [6.07, 6.45) is 2.96. The Morgan fingerprint density at radius 3 is 2.06 bits per heavy atom. The van der Waals surface area contributed by atoms with Gasteiger partial charge in [0, 0.05) is 5.41 Å². The molecule has 84 valence electrons. The van der Waals surface area contributed by atoms with E-state index >= 15 is 0 Å². The SMILES string of the molecule is CC1(C)[C@]2(c3ccccc3)[C@H]3CC[C@@H]3[C@]12C. The van der Waals surface area contributed by atoms with Crippen LogP contribution < -0.4 is 0 Å². The van der Waals surface area contributed by atoms with E-state index in [-0.39, 0.29) is 0 Å². The minimum atomic E-state index is 0.521. The van der Waals surface area contributed by atoms with E-state index in [9.17, 15) is 0 Å². The maximum absolute atomic E-state index is 2.54. The number of hydrogen-bond acceptors (Lipinski definition) is 0. The molecular weight excluding hydrogens is 192 g/mol. The molecule has 3 fully saturated rings. The molecule has 0 heteroatoms. The first-order valence-corrected chi connectivity index (χ1v) is 6.64. The van der Waals surface area contributed by atoms with Crippen LogP contribution in [0, 0.1) is 22.7 Å². The van der Waals surface area contributed by atoms with Crippen molar-refractivity contribution < 1.29 is 0 Å². The van der Waals surface area contributed by atoms with E-state index in [0.717, 1.165) is 11.8 Å². The highest BCUT2D eigenvalue weighted by atomic mass is 15.0. The maximum atomic E-state index is 2.54. The summed E-state index contributed by atoms with van der Waals surface area (Å²) in [6.45, 7) is 7.54. The third-order valence-electron chi connectivity index (χ3n) is 6.84. The Hall–Kier alpha value is -0.780. The lowest BCUT2D eigenvalue weighted by Crippen LogP contribution is -2.54.